The van der Waals surface area contributed by atoms with Crippen molar-refractivity contribution in [3.8, 4) is 0 Å². The third kappa shape index (κ3) is 4.64. The highest BCUT2D eigenvalue weighted by Crippen LogP contribution is 2.29. The van der Waals surface area contributed by atoms with Crippen LogP contribution in [0.15, 0.2) is 0 Å². The minimum Gasteiger partial charge on any atom is -0.379 e. The van der Waals surface area contributed by atoms with E-state index >= 15 is 0 Å². The Hall–Kier alpha value is -0.790. The lowest BCUT2D eigenvalue weighted by Crippen LogP contribution is -2.50. The standard InChI is InChI=1S/C17H29N3O3S/c21-16(18-6-7-19-8-10-23-11-9-19)15-12-24-13-20(15)17(22)14-4-2-1-3-5-14/h14-15H,1-13H2,(H,18,21). The van der Waals surface area contributed by atoms with Crippen LogP contribution >= 0.6 is 11.8 Å². The van der Waals surface area contributed by atoms with Crippen molar-refractivity contribution in [2.45, 2.75) is 38.1 Å². The highest BCUT2D eigenvalue weighted by molar-refractivity contribution is 7.99. The predicted octanol–water partition coefficient (Wildman–Crippen LogP) is 0.917. The molecule has 0 aromatic rings. The van der Waals surface area contributed by atoms with Crippen molar-refractivity contribution in [2.75, 3.05) is 51.0 Å². The van der Waals surface area contributed by atoms with Crippen LogP contribution in [-0.2, 0) is 14.3 Å². The van der Waals surface area contributed by atoms with Gasteiger partial charge < -0.3 is 15.0 Å². The van der Waals surface area contributed by atoms with Crippen LogP contribution in [0.2, 0.25) is 0 Å². The fraction of sp³-hybridized carbons (Fsp3) is 0.882. The predicted molar refractivity (Wildman–Crippen MR) is 94.8 cm³/mol. The maximum Gasteiger partial charge on any atom is 0.243 e. The van der Waals surface area contributed by atoms with Crippen LogP contribution in [0, 0.1) is 5.92 Å². The molecule has 1 aliphatic carbocycles. The first-order valence-corrected chi connectivity index (χ1v) is 10.4. The molecular weight excluding hydrogens is 326 g/mol. The molecule has 1 atom stereocenters. The summed E-state index contributed by atoms with van der Waals surface area (Å²) in [5.74, 6) is 1.74. The molecule has 1 N–H and O–H groups in total. The maximum atomic E-state index is 12.7. The molecule has 1 saturated carbocycles. The van der Waals surface area contributed by atoms with Crippen molar-refractivity contribution in [1.29, 1.82) is 0 Å². The lowest BCUT2D eigenvalue weighted by Gasteiger charge is -2.30. The van der Waals surface area contributed by atoms with E-state index in [9.17, 15) is 9.59 Å². The minimum absolute atomic E-state index is 0.0115. The molecular formula is C17H29N3O3S. The smallest absolute Gasteiger partial charge is 0.243 e. The summed E-state index contributed by atoms with van der Waals surface area (Å²) in [6.07, 6.45) is 5.52. The molecule has 6 nitrogen and oxygen atoms in total. The Labute approximate surface area is 148 Å². The van der Waals surface area contributed by atoms with Crippen molar-refractivity contribution >= 4 is 23.6 Å². The third-order valence-corrected chi connectivity index (χ3v) is 6.27. The van der Waals surface area contributed by atoms with E-state index in [4.69, 9.17) is 4.74 Å². The summed E-state index contributed by atoms with van der Waals surface area (Å²) in [6.45, 7) is 4.91. The zero-order valence-corrected chi connectivity index (χ0v) is 15.2. The van der Waals surface area contributed by atoms with Gasteiger partial charge in [0.1, 0.15) is 6.04 Å². The molecule has 3 rings (SSSR count). The molecule has 7 heteroatoms. The van der Waals surface area contributed by atoms with Crippen LogP contribution in [0.5, 0.6) is 0 Å². The highest BCUT2D eigenvalue weighted by Gasteiger charge is 2.37. The number of nitrogens with one attached hydrogen (secondary N) is 1. The Balaban J connectivity index is 1.45. The molecule has 0 bridgehead atoms. The minimum atomic E-state index is -0.283. The number of nitrogens with zero attached hydrogens (tertiary/aromatic N) is 2. The van der Waals surface area contributed by atoms with E-state index in [0.717, 1.165) is 64.3 Å². The second-order valence-corrected chi connectivity index (χ2v) is 7.90. The van der Waals surface area contributed by atoms with E-state index in [0.29, 0.717) is 12.4 Å². The normalized spacial score (nSPS) is 26.5. The van der Waals surface area contributed by atoms with Crippen molar-refractivity contribution in [1.82, 2.24) is 15.1 Å². The second kappa shape index (κ2) is 9.06. The van der Waals surface area contributed by atoms with Gasteiger partial charge in [-0.2, -0.15) is 0 Å². The Morgan fingerprint density at radius 1 is 1.12 bits per heavy atom. The van der Waals surface area contributed by atoms with E-state index in [2.05, 4.69) is 10.2 Å². The Bertz CT molecular complexity index is 437. The van der Waals surface area contributed by atoms with Crippen LogP contribution in [0.25, 0.3) is 0 Å². The van der Waals surface area contributed by atoms with Crippen LogP contribution in [-0.4, -0.2) is 78.7 Å². The topological polar surface area (TPSA) is 61.9 Å². The molecule has 0 aromatic heterocycles. The van der Waals surface area contributed by atoms with Gasteiger partial charge in [0.25, 0.3) is 0 Å². The van der Waals surface area contributed by atoms with Crippen molar-refractivity contribution < 1.29 is 14.3 Å². The van der Waals surface area contributed by atoms with Crippen molar-refractivity contribution in [3.05, 3.63) is 0 Å². The van der Waals surface area contributed by atoms with Crippen LogP contribution in [0.1, 0.15) is 32.1 Å². The van der Waals surface area contributed by atoms with E-state index in [1.165, 1.54) is 6.42 Å². The summed E-state index contributed by atoms with van der Waals surface area (Å²) in [7, 11) is 0. The lowest BCUT2D eigenvalue weighted by atomic mass is 9.88. The van der Waals surface area contributed by atoms with E-state index in [1.54, 1.807) is 11.8 Å². The van der Waals surface area contributed by atoms with E-state index < -0.39 is 0 Å². The van der Waals surface area contributed by atoms with Gasteiger partial charge in [-0.15, -0.1) is 11.8 Å². The summed E-state index contributed by atoms with van der Waals surface area (Å²) < 4.78 is 5.33. The van der Waals surface area contributed by atoms with Gasteiger partial charge in [-0.05, 0) is 12.8 Å². The fourth-order valence-electron chi connectivity index (χ4n) is 3.74. The Kier molecular flexibility index (Phi) is 6.80. The SMILES string of the molecule is O=C(NCCN1CCOCC1)C1CSCN1C(=O)C1CCCCC1. The third-order valence-electron chi connectivity index (χ3n) is 5.25. The molecule has 3 fully saturated rings. The number of amides is 2. The van der Waals surface area contributed by atoms with Crippen LogP contribution < -0.4 is 5.32 Å². The number of rotatable bonds is 5. The van der Waals surface area contributed by atoms with Gasteiger partial charge in [0.2, 0.25) is 11.8 Å². The first-order valence-electron chi connectivity index (χ1n) is 9.22. The lowest BCUT2D eigenvalue weighted by molar-refractivity contribution is -0.142. The number of hydrogen-bond acceptors (Lipinski definition) is 5. The van der Waals surface area contributed by atoms with E-state index in [1.807, 2.05) is 4.90 Å². The molecule has 0 spiro atoms. The zero-order chi connectivity index (χ0) is 16.8. The van der Waals surface area contributed by atoms with Crippen LogP contribution in [0.4, 0.5) is 0 Å². The summed E-state index contributed by atoms with van der Waals surface area (Å²) in [5, 5.41) is 3.03. The van der Waals surface area contributed by atoms with Crippen molar-refractivity contribution in [3.63, 3.8) is 0 Å². The Morgan fingerprint density at radius 2 is 1.88 bits per heavy atom. The van der Waals surface area contributed by atoms with Crippen LogP contribution in [0.3, 0.4) is 0 Å². The number of carbonyl (C=O) groups excluding carboxylic acids is 2. The molecule has 3 aliphatic rings. The van der Waals surface area contributed by atoms with Gasteiger partial charge in [-0.1, -0.05) is 19.3 Å². The van der Waals surface area contributed by atoms with E-state index in [-0.39, 0.29) is 23.8 Å². The van der Waals surface area contributed by atoms with Gasteiger partial charge in [-0.3, -0.25) is 14.5 Å². The fourth-order valence-corrected chi connectivity index (χ4v) is 4.90. The number of ether oxygens (including phenoxy) is 1. The molecule has 2 aliphatic heterocycles. The van der Waals surface area contributed by atoms with Gasteiger partial charge in [0.15, 0.2) is 0 Å². The monoisotopic (exact) mass is 355 g/mol. The molecule has 2 saturated heterocycles. The quantitative estimate of drug-likeness (QED) is 0.794. The maximum absolute atomic E-state index is 12.7. The zero-order valence-electron chi connectivity index (χ0n) is 14.4. The first-order chi connectivity index (χ1) is 11.8. The number of thioether (sulfide) groups is 1. The molecule has 1 unspecified atom stereocenters. The number of carbonyl (C=O) groups is 2. The molecule has 24 heavy (non-hydrogen) atoms. The average molecular weight is 356 g/mol. The highest BCUT2D eigenvalue weighted by atomic mass is 32.2. The molecule has 136 valence electrons. The van der Waals surface area contributed by atoms with Gasteiger partial charge >= 0.3 is 0 Å². The first kappa shape index (κ1) is 18.0. The number of hydrogen-bond donors (Lipinski definition) is 1. The largest absolute Gasteiger partial charge is 0.379 e. The summed E-state index contributed by atoms with van der Waals surface area (Å²) in [4.78, 5) is 29.4. The molecule has 0 radical (unpaired) electrons. The van der Waals surface area contributed by atoms with Gasteiger partial charge in [-0.25, -0.2) is 0 Å². The summed E-state index contributed by atoms with van der Waals surface area (Å²) >= 11 is 1.69. The average Bonchev–Trinajstić information content (AvgIpc) is 3.12. The van der Waals surface area contributed by atoms with Gasteiger partial charge in [0, 0.05) is 37.8 Å². The second-order valence-electron chi connectivity index (χ2n) is 6.90. The Morgan fingerprint density at radius 3 is 2.62 bits per heavy atom. The molecule has 2 heterocycles. The molecule has 0 aromatic carbocycles. The van der Waals surface area contributed by atoms with Gasteiger partial charge in [0.05, 0.1) is 19.1 Å². The summed E-state index contributed by atoms with van der Waals surface area (Å²) in [5.41, 5.74) is 0. The van der Waals surface area contributed by atoms with Crippen molar-refractivity contribution in [2.24, 2.45) is 5.92 Å². The molecule has 2 amide bonds. The number of morpholine rings is 1. The summed E-state index contributed by atoms with van der Waals surface area (Å²) in [6, 6.07) is -0.283.